The largest absolute Gasteiger partial charge is 0.504 e. The lowest BCUT2D eigenvalue weighted by Gasteiger charge is -2.30. The first-order valence-electron chi connectivity index (χ1n) is 16.7. The molecule has 1 fully saturated rings. The van der Waals surface area contributed by atoms with Gasteiger partial charge in [0.25, 0.3) is 11.5 Å². The molecule has 280 valence electrons. The predicted octanol–water partition coefficient (Wildman–Crippen LogP) is 5.61. The van der Waals surface area contributed by atoms with Gasteiger partial charge in [-0.2, -0.15) is 22.7 Å². The summed E-state index contributed by atoms with van der Waals surface area (Å²) in [6, 6.07) is 1.34. The number of hydrogen-bond donors (Lipinski definition) is 2. The molecule has 0 aliphatic carbocycles. The van der Waals surface area contributed by atoms with Crippen molar-refractivity contribution in [1.29, 1.82) is 0 Å². The number of nitrogens with zero attached hydrogens (tertiary/aromatic N) is 7. The summed E-state index contributed by atoms with van der Waals surface area (Å²) in [4.78, 5) is 55.5. The van der Waals surface area contributed by atoms with E-state index in [0.29, 0.717) is 49.8 Å². The Balaban J connectivity index is 1.43. The fraction of sp³-hybridized carbons (Fsp3) is 0.400. The third-order valence-electron chi connectivity index (χ3n) is 9.20. The summed E-state index contributed by atoms with van der Waals surface area (Å²) in [7, 11) is 0. The number of ether oxygens (including phenoxy) is 1. The number of aromatic hydroxyl groups is 1. The summed E-state index contributed by atoms with van der Waals surface area (Å²) in [6.07, 6.45) is 1.38. The van der Waals surface area contributed by atoms with Crippen LogP contribution in [0.25, 0.3) is 17.4 Å². The van der Waals surface area contributed by atoms with Crippen molar-refractivity contribution in [2.24, 2.45) is 0 Å². The Bertz CT molecular complexity index is 2260. The van der Waals surface area contributed by atoms with Gasteiger partial charge in [0.2, 0.25) is 11.7 Å². The molecule has 0 unspecified atom stereocenters. The Labute approximate surface area is 305 Å². The van der Waals surface area contributed by atoms with Gasteiger partial charge >= 0.3 is 6.18 Å². The number of halogens is 5. The number of amides is 2. The molecule has 4 aromatic rings. The first-order valence-corrected chi connectivity index (χ1v) is 17.1. The van der Waals surface area contributed by atoms with Gasteiger partial charge in [-0.05, 0) is 75.8 Å². The van der Waals surface area contributed by atoms with Crippen molar-refractivity contribution in [3.63, 3.8) is 0 Å². The molecule has 0 atom stereocenters. The maximum atomic E-state index is 14.6. The van der Waals surface area contributed by atoms with Crippen LogP contribution in [0, 0.1) is 12.7 Å². The number of nitrogens with one attached hydrogen (secondary N) is 1. The number of alkyl halides is 3. The summed E-state index contributed by atoms with van der Waals surface area (Å²) in [6.45, 7) is 7.48. The van der Waals surface area contributed by atoms with Gasteiger partial charge < -0.3 is 24.6 Å². The van der Waals surface area contributed by atoms with E-state index in [1.54, 1.807) is 19.9 Å². The quantitative estimate of drug-likeness (QED) is 0.229. The highest BCUT2D eigenvalue weighted by Crippen LogP contribution is 2.38. The lowest BCUT2D eigenvalue weighted by molar-refractivity contribution is -0.140. The molecule has 18 heteroatoms. The Kier molecular flexibility index (Phi) is 10.2. The molecule has 2 aliphatic rings. The highest BCUT2D eigenvalue weighted by Gasteiger charge is 2.40. The topological polar surface area (TPSA) is 157 Å². The Morgan fingerprint density at radius 2 is 1.94 bits per heavy atom. The predicted molar refractivity (Wildman–Crippen MR) is 186 cm³/mol. The van der Waals surface area contributed by atoms with E-state index in [-0.39, 0.29) is 53.0 Å². The van der Waals surface area contributed by atoms with Gasteiger partial charge in [0.05, 0.1) is 35.7 Å². The van der Waals surface area contributed by atoms with Crippen LogP contribution in [-0.2, 0) is 28.7 Å². The third kappa shape index (κ3) is 7.27. The normalized spacial score (nSPS) is 17.0. The van der Waals surface area contributed by atoms with Crippen LogP contribution in [0.1, 0.15) is 78.9 Å². The lowest BCUT2D eigenvalue weighted by Crippen LogP contribution is -2.43. The van der Waals surface area contributed by atoms with Crippen LogP contribution in [-0.4, -0.2) is 76.3 Å². The number of fused-ring (bicyclic) bond motifs is 1. The second-order valence-electron chi connectivity index (χ2n) is 13.3. The fourth-order valence-corrected chi connectivity index (χ4v) is 6.79. The van der Waals surface area contributed by atoms with E-state index in [1.165, 1.54) is 15.8 Å². The second kappa shape index (κ2) is 14.3. The number of rotatable bonds is 7. The van der Waals surface area contributed by atoms with Crippen molar-refractivity contribution >= 4 is 46.5 Å². The van der Waals surface area contributed by atoms with Crippen molar-refractivity contribution < 1.29 is 37.0 Å². The standard InChI is InChI=1S/C35H35ClF4N8O5/c1-5-24-21(13-19-14-34(3,4)47(15-19)32(52)28-29(50)18(2)41-17-42-28)31(51)48-33(44-30(45-48)20-7-6-11-53-12-10-20)46(24)16-25(49)43-23-9-8-22(35(38,39)40)27(37)26(23)36/h7-9,13,17,50H,5-6,10-12,14-16H2,1-4H3,(H,43,49). The first-order chi connectivity index (χ1) is 25.0. The maximum absolute atomic E-state index is 14.6. The molecule has 0 radical (unpaired) electrons. The number of likely N-dealkylation sites (tertiary alicyclic amines) is 1. The second-order valence-corrected chi connectivity index (χ2v) is 13.7. The van der Waals surface area contributed by atoms with Crippen molar-refractivity contribution in [3.05, 3.63) is 85.3 Å². The molecular weight excluding hydrogens is 724 g/mol. The Hall–Kier alpha value is -5.16. The molecule has 13 nitrogen and oxygen atoms in total. The van der Waals surface area contributed by atoms with Crippen LogP contribution in [0.5, 0.6) is 5.75 Å². The van der Waals surface area contributed by atoms with Crippen LogP contribution in [0.15, 0.2) is 34.9 Å². The van der Waals surface area contributed by atoms with E-state index in [1.807, 2.05) is 19.9 Å². The smallest absolute Gasteiger partial charge is 0.419 e. The number of carbonyl (C=O) groups excluding carboxylic acids is 2. The number of aryl methyl sites for hydroxylation is 1. The Morgan fingerprint density at radius 3 is 2.66 bits per heavy atom. The van der Waals surface area contributed by atoms with Gasteiger partial charge in [-0.1, -0.05) is 24.6 Å². The lowest BCUT2D eigenvalue weighted by atomic mass is 9.98. The van der Waals surface area contributed by atoms with Crippen molar-refractivity contribution in [2.45, 2.75) is 71.6 Å². The summed E-state index contributed by atoms with van der Waals surface area (Å²) in [5.74, 6) is -3.11. The van der Waals surface area contributed by atoms with E-state index in [2.05, 4.69) is 25.4 Å². The van der Waals surface area contributed by atoms with Crippen molar-refractivity contribution in [2.75, 3.05) is 25.1 Å². The number of benzene rings is 1. The van der Waals surface area contributed by atoms with Gasteiger partial charge in [-0.25, -0.2) is 14.4 Å². The molecular formula is C35H35ClF4N8O5. The van der Waals surface area contributed by atoms with E-state index >= 15 is 0 Å². The average molecular weight is 759 g/mol. The zero-order chi connectivity index (χ0) is 38.4. The zero-order valence-electron chi connectivity index (χ0n) is 29.1. The van der Waals surface area contributed by atoms with Crippen molar-refractivity contribution in [1.82, 2.24) is 34.0 Å². The monoisotopic (exact) mass is 758 g/mol. The molecule has 6 rings (SSSR count). The summed E-state index contributed by atoms with van der Waals surface area (Å²) >= 11 is 5.92. The molecule has 0 spiro atoms. The van der Waals surface area contributed by atoms with Crippen LogP contribution in [0.4, 0.5) is 23.2 Å². The number of anilines is 1. The highest BCUT2D eigenvalue weighted by atomic mass is 35.5. The fourth-order valence-electron chi connectivity index (χ4n) is 6.57. The third-order valence-corrected chi connectivity index (χ3v) is 9.57. The molecule has 5 heterocycles. The van der Waals surface area contributed by atoms with Crippen LogP contribution in [0.2, 0.25) is 5.02 Å². The van der Waals surface area contributed by atoms with Gasteiger partial charge in [0.15, 0.2) is 23.1 Å². The zero-order valence-corrected chi connectivity index (χ0v) is 29.9. The van der Waals surface area contributed by atoms with Gasteiger partial charge in [0, 0.05) is 17.8 Å². The number of carbonyl (C=O) groups is 2. The van der Waals surface area contributed by atoms with Crippen LogP contribution < -0.4 is 10.9 Å². The van der Waals surface area contributed by atoms with E-state index in [0.717, 1.165) is 16.2 Å². The van der Waals surface area contributed by atoms with E-state index in [9.17, 15) is 37.1 Å². The molecule has 53 heavy (non-hydrogen) atoms. The van der Waals surface area contributed by atoms with Crippen LogP contribution >= 0.6 is 11.6 Å². The first kappa shape index (κ1) is 37.6. The minimum absolute atomic E-state index is 0.0214. The van der Waals surface area contributed by atoms with E-state index < -0.39 is 52.0 Å². The molecule has 0 bridgehead atoms. The molecule has 0 saturated carbocycles. The minimum Gasteiger partial charge on any atom is -0.504 e. The molecule has 2 N–H and O–H groups in total. The van der Waals surface area contributed by atoms with Crippen LogP contribution in [0.3, 0.4) is 0 Å². The molecule has 1 saturated heterocycles. The number of hydrogen-bond acceptors (Lipinski definition) is 9. The summed E-state index contributed by atoms with van der Waals surface area (Å²) in [5.41, 5.74) is -1.20. The van der Waals surface area contributed by atoms with Gasteiger partial charge in [0.1, 0.15) is 17.9 Å². The minimum atomic E-state index is -5.00. The highest BCUT2D eigenvalue weighted by molar-refractivity contribution is 6.34. The molecule has 2 amide bonds. The van der Waals surface area contributed by atoms with E-state index in [4.69, 9.17) is 16.3 Å². The average Bonchev–Trinajstić information content (AvgIpc) is 3.54. The van der Waals surface area contributed by atoms with Gasteiger partial charge in [-0.15, -0.1) is 5.10 Å². The molecule has 1 aromatic carbocycles. The van der Waals surface area contributed by atoms with Gasteiger partial charge in [-0.3, -0.25) is 14.4 Å². The summed E-state index contributed by atoms with van der Waals surface area (Å²) < 4.78 is 62.4. The molecule has 3 aromatic heterocycles. The maximum Gasteiger partial charge on any atom is 0.419 e. The van der Waals surface area contributed by atoms with Crippen molar-refractivity contribution in [3.8, 4) is 5.75 Å². The number of aromatic nitrogens is 6. The SMILES string of the molecule is CCc1c(C=C2CN(C(=O)c3ncnc(C)c3O)C(C)(C)C2)c(=O)n2nc(C3=CCCOCC3)nc2n1CC(=O)Nc1ccc(C(F)(F)F)c(F)c1Cl. The summed E-state index contributed by atoms with van der Waals surface area (Å²) in [5, 5.41) is 16.5. The Morgan fingerprint density at radius 1 is 1.19 bits per heavy atom. The molecule has 2 aliphatic heterocycles.